The molecule has 5 nitrogen and oxygen atoms in total. The molecule has 2 aromatic rings. The first kappa shape index (κ1) is 22.6. The summed E-state index contributed by atoms with van der Waals surface area (Å²) in [5.74, 6) is -0.387. The van der Waals surface area contributed by atoms with Gasteiger partial charge in [0.05, 0.1) is 6.04 Å². The zero-order chi connectivity index (χ0) is 22.6. The van der Waals surface area contributed by atoms with Crippen LogP contribution in [0.4, 0.5) is 0 Å². The van der Waals surface area contributed by atoms with Gasteiger partial charge in [0.15, 0.2) is 0 Å². The Labute approximate surface area is 185 Å². The van der Waals surface area contributed by atoms with Crippen LogP contribution in [0.25, 0.3) is 0 Å². The van der Waals surface area contributed by atoms with E-state index < -0.39 is 0 Å². The minimum absolute atomic E-state index is 0.0912. The normalized spacial score (nSPS) is 18.5. The summed E-state index contributed by atoms with van der Waals surface area (Å²) >= 11 is 0. The Morgan fingerprint density at radius 2 is 1.48 bits per heavy atom. The highest BCUT2D eigenvalue weighted by Gasteiger charge is 2.43. The molecule has 0 unspecified atom stereocenters. The van der Waals surface area contributed by atoms with Gasteiger partial charge in [0.1, 0.15) is 11.6 Å². The first-order valence-electron chi connectivity index (χ1n) is 10.7. The molecule has 0 aromatic heterocycles. The summed E-state index contributed by atoms with van der Waals surface area (Å²) in [4.78, 5) is 15.4. The Morgan fingerprint density at radius 1 is 1.03 bits per heavy atom. The first-order valence-corrected chi connectivity index (χ1v) is 10.7. The van der Waals surface area contributed by atoms with Gasteiger partial charge in [0.25, 0.3) is 5.91 Å². The zero-order valence-corrected chi connectivity index (χ0v) is 18.8. The number of amides is 1. The number of carbonyl (C=O) groups excluding carboxylic acids is 1. The molecule has 2 aromatic carbocycles. The molecule has 162 valence electrons. The second kappa shape index (κ2) is 8.95. The SMILES string of the molecule is CC1(C)CC(N)CC(C)(C)N1/C=C(/C#N)C(=O)NC(c1ccccc1)c1ccccc1. The summed E-state index contributed by atoms with van der Waals surface area (Å²) < 4.78 is 0. The number of benzene rings is 2. The number of nitrogens with one attached hydrogen (secondary N) is 1. The van der Waals surface area contributed by atoms with Crippen molar-refractivity contribution in [2.75, 3.05) is 0 Å². The number of nitrogens with two attached hydrogens (primary N) is 1. The van der Waals surface area contributed by atoms with Crippen molar-refractivity contribution in [1.29, 1.82) is 5.26 Å². The lowest BCUT2D eigenvalue weighted by atomic mass is 9.77. The molecule has 5 heteroatoms. The number of carbonyl (C=O) groups is 1. The fraction of sp³-hybridized carbons (Fsp3) is 0.385. The van der Waals surface area contributed by atoms with Crippen LogP contribution in [0.2, 0.25) is 0 Å². The number of rotatable bonds is 5. The van der Waals surface area contributed by atoms with Crippen LogP contribution in [-0.4, -0.2) is 27.9 Å². The second-order valence-corrected chi connectivity index (χ2v) is 9.55. The number of likely N-dealkylation sites (tertiary alicyclic amines) is 1. The van der Waals surface area contributed by atoms with Crippen LogP contribution >= 0.6 is 0 Å². The van der Waals surface area contributed by atoms with Crippen molar-refractivity contribution in [3.05, 3.63) is 83.6 Å². The lowest BCUT2D eigenvalue weighted by Gasteiger charge is -2.54. The predicted octanol–water partition coefficient (Wildman–Crippen LogP) is 4.28. The molecule has 1 aliphatic rings. The maximum Gasteiger partial charge on any atom is 0.264 e. The van der Waals surface area contributed by atoms with Crippen LogP contribution in [0.1, 0.15) is 57.7 Å². The van der Waals surface area contributed by atoms with Gasteiger partial charge in [-0.3, -0.25) is 4.79 Å². The highest BCUT2D eigenvalue weighted by molar-refractivity contribution is 5.97. The minimum Gasteiger partial charge on any atom is -0.366 e. The molecular weight excluding hydrogens is 384 g/mol. The quantitative estimate of drug-likeness (QED) is 0.563. The molecule has 0 aliphatic carbocycles. The van der Waals surface area contributed by atoms with Crippen molar-refractivity contribution < 1.29 is 4.79 Å². The van der Waals surface area contributed by atoms with Gasteiger partial charge in [-0.15, -0.1) is 0 Å². The fourth-order valence-corrected chi connectivity index (χ4v) is 4.85. The molecule has 3 N–H and O–H groups in total. The van der Waals surface area contributed by atoms with E-state index in [-0.39, 0.29) is 34.6 Å². The van der Waals surface area contributed by atoms with Crippen molar-refractivity contribution in [3.8, 4) is 6.07 Å². The number of nitriles is 1. The third-order valence-corrected chi connectivity index (χ3v) is 5.99. The van der Waals surface area contributed by atoms with Crippen molar-refractivity contribution in [2.45, 2.75) is 63.7 Å². The summed E-state index contributed by atoms with van der Waals surface area (Å²) in [5.41, 5.74) is 7.77. The molecule has 1 aliphatic heterocycles. The van der Waals surface area contributed by atoms with E-state index in [2.05, 4.69) is 44.0 Å². The van der Waals surface area contributed by atoms with Crippen LogP contribution in [0.3, 0.4) is 0 Å². The van der Waals surface area contributed by atoms with Crippen molar-refractivity contribution >= 4 is 5.91 Å². The largest absolute Gasteiger partial charge is 0.366 e. The van der Waals surface area contributed by atoms with Crippen LogP contribution in [0, 0.1) is 11.3 Å². The number of piperidine rings is 1. The lowest BCUT2D eigenvalue weighted by Crippen LogP contribution is -2.61. The summed E-state index contributed by atoms with van der Waals surface area (Å²) in [6.45, 7) is 8.42. The van der Waals surface area contributed by atoms with Crippen molar-refractivity contribution in [3.63, 3.8) is 0 Å². The van der Waals surface area contributed by atoms with E-state index in [0.717, 1.165) is 24.0 Å². The highest BCUT2D eigenvalue weighted by atomic mass is 16.1. The number of hydrogen-bond acceptors (Lipinski definition) is 4. The standard InChI is InChI=1S/C26H32N4O/c1-25(2)15-22(28)16-26(3,4)30(25)18-21(17-27)24(31)29-23(19-11-7-5-8-12-19)20-13-9-6-10-14-20/h5-14,18,22-23H,15-16,28H2,1-4H3,(H,29,31)/b21-18-. The highest BCUT2D eigenvalue weighted by Crippen LogP contribution is 2.38. The van der Waals surface area contributed by atoms with Crippen molar-refractivity contribution in [2.24, 2.45) is 5.73 Å². The third-order valence-electron chi connectivity index (χ3n) is 5.99. The van der Waals surface area contributed by atoms with Gasteiger partial charge in [0, 0.05) is 23.3 Å². The predicted molar refractivity (Wildman–Crippen MR) is 124 cm³/mol. The molecule has 0 bridgehead atoms. The van der Waals surface area contributed by atoms with E-state index in [9.17, 15) is 10.1 Å². The van der Waals surface area contributed by atoms with E-state index >= 15 is 0 Å². The van der Waals surface area contributed by atoms with Crippen LogP contribution < -0.4 is 11.1 Å². The summed E-state index contributed by atoms with van der Waals surface area (Å²) in [6, 6.07) is 21.4. The molecule has 0 atom stereocenters. The van der Waals surface area contributed by atoms with E-state index in [0.29, 0.717) is 0 Å². The first-order chi connectivity index (χ1) is 14.6. The number of nitrogens with zero attached hydrogens (tertiary/aromatic N) is 2. The van der Waals surface area contributed by atoms with Gasteiger partial charge < -0.3 is 16.0 Å². The monoisotopic (exact) mass is 416 g/mol. The molecule has 0 radical (unpaired) electrons. The second-order valence-electron chi connectivity index (χ2n) is 9.55. The molecule has 31 heavy (non-hydrogen) atoms. The minimum atomic E-state index is -0.387. The topological polar surface area (TPSA) is 82.2 Å². The molecule has 3 rings (SSSR count). The Morgan fingerprint density at radius 3 is 1.90 bits per heavy atom. The Bertz CT molecular complexity index is 916. The van der Waals surface area contributed by atoms with Gasteiger partial charge in [-0.2, -0.15) is 5.26 Å². The van der Waals surface area contributed by atoms with Crippen molar-refractivity contribution in [1.82, 2.24) is 10.2 Å². The van der Waals surface area contributed by atoms with E-state index in [4.69, 9.17) is 5.73 Å². The summed E-state index contributed by atoms with van der Waals surface area (Å²) in [6.07, 6.45) is 3.31. The number of hydrogen-bond donors (Lipinski definition) is 2. The Kier molecular flexibility index (Phi) is 6.52. The summed E-state index contributed by atoms with van der Waals surface area (Å²) in [7, 11) is 0. The lowest BCUT2D eigenvalue weighted by molar-refractivity contribution is -0.117. The average Bonchev–Trinajstić information content (AvgIpc) is 2.71. The molecule has 1 saturated heterocycles. The molecule has 1 heterocycles. The molecule has 0 saturated carbocycles. The molecule has 1 amide bonds. The van der Waals surface area contributed by atoms with Gasteiger partial charge in [-0.1, -0.05) is 60.7 Å². The average molecular weight is 417 g/mol. The van der Waals surface area contributed by atoms with Gasteiger partial charge in [-0.25, -0.2) is 0 Å². The zero-order valence-electron chi connectivity index (χ0n) is 18.8. The van der Waals surface area contributed by atoms with Gasteiger partial charge >= 0.3 is 0 Å². The van der Waals surface area contributed by atoms with E-state index in [1.165, 1.54) is 0 Å². The molecular formula is C26H32N4O. The van der Waals surface area contributed by atoms with Crippen LogP contribution in [0.15, 0.2) is 72.4 Å². The Balaban J connectivity index is 1.93. The fourth-order valence-electron chi connectivity index (χ4n) is 4.85. The van der Waals surface area contributed by atoms with Gasteiger partial charge in [0.2, 0.25) is 0 Å². The van der Waals surface area contributed by atoms with E-state index in [1.807, 2.05) is 60.7 Å². The third kappa shape index (κ3) is 5.15. The maximum atomic E-state index is 13.2. The van der Waals surface area contributed by atoms with Crippen LogP contribution in [0.5, 0.6) is 0 Å². The molecule has 0 spiro atoms. The van der Waals surface area contributed by atoms with Crippen LogP contribution in [-0.2, 0) is 4.79 Å². The maximum absolute atomic E-state index is 13.2. The van der Waals surface area contributed by atoms with E-state index in [1.54, 1.807) is 6.20 Å². The Hall–Kier alpha value is -3.10. The smallest absolute Gasteiger partial charge is 0.264 e. The summed E-state index contributed by atoms with van der Waals surface area (Å²) in [5, 5.41) is 12.9. The van der Waals surface area contributed by atoms with Gasteiger partial charge in [-0.05, 0) is 51.7 Å². The molecule has 1 fully saturated rings.